The first kappa shape index (κ1) is 10.8. The molecule has 15 heavy (non-hydrogen) atoms. The predicted molar refractivity (Wildman–Crippen MR) is 58.4 cm³/mol. The lowest BCUT2D eigenvalue weighted by Crippen LogP contribution is -2.02. The summed E-state index contributed by atoms with van der Waals surface area (Å²) in [5, 5.41) is 17.9. The molecular weight excluding hydrogens is 186 g/mol. The van der Waals surface area contributed by atoms with Gasteiger partial charge in [-0.2, -0.15) is 10.5 Å². The van der Waals surface area contributed by atoms with Crippen molar-refractivity contribution in [3.05, 3.63) is 41.6 Å². The molecule has 0 N–H and O–H groups in total. The highest BCUT2D eigenvalue weighted by molar-refractivity contribution is 5.79. The maximum atomic E-state index is 8.99. The fraction of sp³-hybridized carbons (Fsp3) is 0.167. The molecule has 0 fully saturated rings. The minimum absolute atomic E-state index is 0.497. The van der Waals surface area contributed by atoms with Crippen LogP contribution in [0, 0.1) is 22.7 Å². The average Bonchev–Trinajstić information content (AvgIpc) is 2.25. The van der Waals surface area contributed by atoms with Crippen molar-refractivity contribution >= 4 is 5.57 Å². The van der Waals surface area contributed by atoms with Crippen LogP contribution in [0.15, 0.2) is 30.5 Å². The lowest BCUT2D eigenvalue weighted by atomic mass is 10.0. The average molecular weight is 197 g/mol. The molecule has 0 heterocycles. The van der Waals surface area contributed by atoms with Gasteiger partial charge in [0.1, 0.15) is 6.07 Å². The third kappa shape index (κ3) is 2.59. The van der Waals surface area contributed by atoms with Crippen LogP contribution in [0.25, 0.3) is 5.57 Å². The Morgan fingerprint density at radius 3 is 2.47 bits per heavy atom. The van der Waals surface area contributed by atoms with E-state index in [1.165, 1.54) is 0 Å². The molecule has 0 saturated carbocycles. The standard InChI is InChI=1S/C12H11N3/c1-15(2)9-11(8-14)12-6-4-3-5-10(12)7-13/h3-6,9H,1-2H3. The van der Waals surface area contributed by atoms with Gasteiger partial charge in [-0.05, 0) is 6.07 Å². The first-order chi connectivity index (χ1) is 7.19. The van der Waals surface area contributed by atoms with Crippen molar-refractivity contribution in [3.8, 4) is 12.1 Å². The number of allylic oxidation sites excluding steroid dienone is 1. The molecule has 0 unspecified atom stereocenters. The van der Waals surface area contributed by atoms with Crippen LogP contribution in [-0.4, -0.2) is 19.0 Å². The van der Waals surface area contributed by atoms with E-state index in [1.54, 1.807) is 29.3 Å². The Morgan fingerprint density at radius 2 is 1.93 bits per heavy atom. The number of hydrogen-bond acceptors (Lipinski definition) is 3. The Labute approximate surface area is 89.5 Å². The number of nitriles is 2. The molecule has 74 valence electrons. The highest BCUT2D eigenvalue weighted by atomic mass is 15.0. The van der Waals surface area contributed by atoms with Gasteiger partial charge in [0.2, 0.25) is 0 Å². The summed E-state index contributed by atoms with van der Waals surface area (Å²) in [6.07, 6.45) is 1.70. The number of nitrogens with zero attached hydrogens (tertiary/aromatic N) is 3. The second kappa shape index (κ2) is 4.83. The molecule has 1 aromatic carbocycles. The zero-order chi connectivity index (χ0) is 11.3. The topological polar surface area (TPSA) is 50.8 Å². The lowest BCUT2D eigenvalue weighted by Gasteiger charge is -2.07. The summed E-state index contributed by atoms with van der Waals surface area (Å²) in [4.78, 5) is 1.78. The van der Waals surface area contributed by atoms with Gasteiger partial charge in [0.05, 0.1) is 17.2 Å². The summed E-state index contributed by atoms with van der Waals surface area (Å²) in [5.74, 6) is 0. The molecule has 0 aliphatic carbocycles. The van der Waals surface area contributed by atoms with Crippen LogP contribution in [0.1, 0.15) is 11.1 Å². The van der Waals surface area contributed by atoms with Crippen LogP contribution in [0.4, 0.5) is 0 Å². The van der Waals surface area contributed by atoms with Gasteiger partial charge in [0, 0.05) is 25.9 Å². The second-order valence-corrected chi connectivity index (χ2v) is 3.28. The molecule has 0 aromatic heterocycles. The van der Waals surface area contributed by atoms with Gasteiger partial charge in [-0.1, -0.05) is 18.2 Å². The summed E-state index contributed by atoms with van der Waals surface area (Å²) in [6.45, 7) is 0. The van der Waals surface area contributed by atoms with Gasteiger partial charge in [-0.3, -0.25) is 0 Å². The van der Waals surface area contributed by atoms with Crippen molar-refractivity contribution in [2.45, 2.75) is 0 Å². The number of benzene rings is 1. The SMILES string of the molecule is CN(C)C=C(C#N)c1ccccc1C#N. The number of hydrogen-bond donors (Lipinski definition) is 0. The highest BCUT2D eigenvalue weighted by Crippen LogP contribution is 2.17. The van der Waals surface area contributed by atoms with Gasteiger partial charge in [-0.15, -0.1) is 0 Å². The highest BCUT2D eigenvalue weighted by Gasteiger charge is 2.06. The van der Waals surface area contributed by atoms with E-state index in [0.29, 0.717) is 16.7 Å². The van der Waals surface area contributed by atoms with E-state index in [0.717, 1.165) is 0 Å². The van der Waals surface area contributed by atoms with Gasteiger partial charge in [-0.25, -0.2) is 0 Å². The van der Waals surface area contributed by atoms with E-state index < -0.39 is 0 Å². The van der Waals surface area contributed by atoms with Crippen LogP contribution in [0.3, 0.4) is 0 Å². The van der Waals surface area contributed by atoms with Gasteiger partial charge < -0.3 is 4.90 Å². The Kier molecular flexibility index (Phi) is 3.49. The zero-order valence-corrected chi connectivity index (χ0v) is 8.73. The molecule has 0 aliphatic rings. The Hall–Kier alpha value is -2.26. The molecule has 3 heteroatoms. The lowest BCUT2D eigenvalue weighted by molar-refractivity contribution is 0.566. The quantitative estimate of drug-likeness (QED) is 0.681. The molecule has 3 nitrogen and oxygen atoms in total. The second-order valence-electron chi connectivity index (χ2n) is 3.28. The zero-order valence-electron chi connectivity index (χ0n) is 8.73. The maximum Gasteiger partial charge on any atom is 0.101 e. The van der Waals surface area contributed by atoms with Crippen LogP contribution < -0.4 is 0 Å². The fourth-order valence-electron chi connectivity index (χ4n) is 1.23. The number of rotatable bonds is 2. The molecule has 0 spiro atoms. The third-order valence-corrected chi connectivity index (χ3v) is 1.85. The normalized spacial score (nSPS) is 10.3. The Bertz CT molecular complexity index is 458. The van der Waals surface area contributed by atoms with Crippen molar-refractivity contribution < 1.29 is 0 Å². The predicted octanol–water partition coefficient (Wildman–Crippen LogP) is 1.98. The van der Waals surface area contributed by atoms with E-state index >= 15 is 0 Å². The van der Waals surface area contributed by atoms with E-state index in [-0.39, 0.29) is 0 Å². The summed E-state index contributed by atoms with van der Waals surface area (Å²) in [7, 11) is 3.68. The molecule has 0 saturated heterocycles. The summed E-state index contributed by atoms with van der Waals surface area (Å²) in [6, 6.07) is 11.2. The van der Waals surface area contributed by atoms with Gasteiger partial charge >= 0.3 is 0 Å². The van der Waals surface area contributed by atoms with Crippen molar-refractivity contribution in [3.63, 3.8) is 0 Å². The van der Waals surface area contributed by atoms with Crippen molar-refractivity contribution in [1.82, 2.24) is 4.90 Å². The van der Waals surface area contributed by atoms with Gasteiger partial charge in [0.25, 0.3) is 0 Å². The molecule has 1 aromatic rings. The smallest absolute Gasteiger partial charge is 0.101 e. The van der Waals surface area contributed by atoms with Crippen molar-refractivity contribution in [2.24, 2.45) is 0 Å². The fourth-order valence-corrected chi connectivity index (χ4v) is 1.23. The molecule has 0 aliphatic heterocycles. The minimum Gasteiger partial charge on any atom is -0.382 e. The third-order valence-electron chi connectivity index (χ3n) is 1.85. The summed E-state index contributed by atoms with van der Waals surface area (Å²) in [5.41, 5.74) is 1.69. The van der Waals surface area contributed by atoms with Gasteiger partial charge in [0.15, 0.2) is 0 Å². The minimum atomic E-state index is 0.497. The van der Waals surface area contributed by atoms with Crippen molar-refractivity contribution in [1.29, 1.82) is 10.5 Å². The van der Waals surface area contributed by atoms with Crippen LogP contribution in [-0.2, 0) is 0 Å². The molecule has 0 bridgehead atoms. The maximum absolute atomic E-state index is 8.99. The molecule has 0 amide bonds. The van der Waals surface area contributed by atoms with E-state index in [9.17, 15) is 0 Å². The first-order valence-corrected chi connectivity index (χ1v) is 4.47. The summed E-state index contributed by atoms with van der Waals surface area (Å²) >= 11 is 0. The van der Waals surface area contributed by atoms with E-state index in [2.05, 4.69) is 12.1 Å². The molecule has 1 rings (SSSR count). The Balaban J connectivity index is 3.27. The van der Waals surface area contributed by atoms with Crippen LogP contribution in [0.5, 0.6) is 0 Å². The largest absolute Gasteiger partial charge is 0.382 e. The van der Waals surface area contributed by atoms with Crippen LogP contribution >= 0.6 is 0 Å². The summed E-state index contributed by atoms with van der Waals surface area (Å²) < 4.78 is 0. The molecular formula is C12H11N3. The van der Waals surface area contributed by atoms with E-state index in [1.807, 2.05) is 20.2 Å². The van der Waals surface area contributed by atoms with E-state index in [4.69, 9.17) is 10.5 Å². The Morgan fingerprint density at radius 1 is 1.27 bits per heavy atom. The van der Waals surface area contributed by atoms with Crippen molar-refractivity contribution in [2.75, 3.05) is 14.1 Å². The molecule has 0 atom stereocenters. The first-order valence-electron chi connectivity index (χ1n) is 4.47. The van der Waals surface area contributed by atoms with Crippen LogP contribution in [0.2, 0.25) is 0 Å². The molecule has 0 radical (unpaired) electrons. The monoisotopic (exact) mass is 197 g/mol.